The molecule has 1 atom stereocenters. The van der Waals surface area contributed by atoms with Gasteiger partial charge in [0.15, 0.2) is 5.60 Å². The van der Waals surface area contributed by atoms with Gasteiger partial charge < -0.3 is 20.3 Å². The van der Waals surface area contributed by atoms with E-state index in [1.165, 1.54) is 0 Å². The molecule has 1 aliphatic heterocycles. The summed E-state index contributed by atoms with van der Waals surface area (Å²) in [5, 5.41) is 21.9. The fourth-order valence-electron chi connectivity index (χ4n) is 1.19. The highest BCUT2D eigenvalue weighted by Gasteiger charge is 2.30. The highest BCUT2D eigenvalue weighted by Crippen LogP contribution is 2.00. The Kier molecular flexibility index (Phi) is 4.67. The van der Waals surface area contributed by atoms with Gasteiger partial charge in [0.25, 0.3) is 0 Å². The molecule has 0 aromatic heterocycles. The van der Waals surface area contributed by atoms with Gasteiger partial charge in [-0.15, -0.1) is 0 Å². The quantitative estimate of drug-likeness (QED) is 0.474. The third-order valence-corrected chi connectivity index (χ3v) is 2.32. The highest BCUT2D eigenvalue weighted by molar-refractivity contribution is 5.79. The minimum absolute atomic E-state index is 0.363. The lowest BCUT2D eigenvalue weighted by molar-refractivity contribution is -0.155. The fourth-order valence-corrected chi connectivity index (χ4v) is 1.19. The summed E-state index contributed by atoms with van der Waals surface area (Å²) in [6.07, 6.45) is 0. The first-order valence-corrected chi connectivity index (χ1v) is 5.25. The molecule has 0 aromatic carbocycles. The molecule has 8 nitrogen and oxygen atoms in total. The Bertz CT molecular complexity index is 288. The van der Waals surface area contributed by atoms with E-state index in [0.717, 1.165) is 6.92 Å². The van der Waals surface area contributed by atoms with Crippen molar-refractivity contribution in [3.63, 3.8) is 0 Å². The van der Waals surface area contributed by atoms with Crippen LogP contribution < -0.4 is 10.7 Å². The van der Waals surface area contributed by atoms with E-state index in [1.807, 2.05) is 0 Å². The number of carboxylic acids is 1. The van der Waals surface area contributed by atoms with Gasteiger partial charge in [-0.2, -0.15) is 0 Å². The molecule has 0 aliphatic carbocycles. The lowest BCUT2D eigenvalue weighted by atomic mass is 10.1. The second-order valence-electron chi connectivity index (χ2n) is 3.97. The van der Waals surface area contributed by atoms with Crippen molar-refractivity contribution in [3.05, 3.63) is 0 Å². The van der Waals surface area contributed by atoms with E-state index in [0.29, 0.717) is 26.3 Å². The van der Waals surface area contributed by atoms with E-state index in [9.17, 15) is 14.7 Å². The molecule has 1 fully saturated rings. The molecule has 17 heavy (non-hydrogen) atoms. The van der Waals surface area contributed by atoms with Crippen molar-refractivity contribution >= 4 is 12.0 Å². The Labute approximate surface area is 98.5 Å². The molecule has 0 saturated carbocycles. The Morgan fingerprint density at radius 2 is 2.00 bits per heavy atom. The Balaban J connectivity index is 2.27. The highest BCUT2D eigenvalue weighted by atomic mass is 16.5. The van der Waals surface area contributed by atoms with Crippen LogP contribution in [0.2, 0.25) is 0 Å². The number of carbonyl (C=O) groups is 2. The third-order valence-electron chi connectivity index (χ3n) is 2.32. The zero-order chi connectivity index (χ0) is 12.9. The molecule has 1 unspecified atom stereocenters. The van der Waals surface area contributed by atoms with Crippen LogP contribution in [0, 0.1) is 0 Å². The van der Waals surface area contributed by atoms with Crippen molar-refractivity contribution in [1.29, 1.82) is 0 Å². The van der Waals surface area contributed by atoms with Crippen molar-refractivity contribution < 1.29 is 24.5 Å². The van der Waals surface area contributed by atoms with Crippen LogP contribution in [0.25, 0.3) is 0 Å². The summed E-state index contributed by atoms with van der Waals surface area (Å²) < 4.78 is 5.10. The Hall–Kier alpha value is -1.38. The number of aliphatic carboxylic acids is 1. The molecule has 1 rings (SSSR count). The number of nitrogens with zero attached hydrogens (tertiary/aromatic N) is 1. The standard InChI is InChI=1S/C9H17N3O5/c1-9(16,7(13)14)6-10-8(15)11-12-2-4-17-5-3-12/h16H,2-6H2,1H3,(H,13,14)(H2,10,11,15). The molecule has 98 valence electrons. The average molecular weight is 247 g/mol. The van der Waals surface area contributed by atoms with Gasteiger partial charge in [-0.1, -0.05) is 0 Å². The maximum Gasteiger partial charge on any atom is 0.337 e. The van der Waals surface area contributed by atoms with Crippen LogP contribution in [-0.4, -0.2) is 65.7 Å². The molecular weight excluding hydrogens is 230 g/mol. The lowest BCUT2D eigenvalue weighted by Crippen LogP contribution is -2.55. The van der Waals surface area contributed by atoms with E-state index in [2.05, 4.69) is 10.7 Å². The summed E-state index contributed by atoms with van der Waals surface area (Å²) in [5.74, 6) is -1.39. The second-order valence-corrected chi connectivity index (χ2v) is 3.97. The Morgan fingerprint density at radius 3 is 2.53 bits per heavy atom. The zero-order valence-corrected chi connectivity index (χ0v) is 9.60. The van der Waals surface area contributed by atoms with E-state index in [4.69, 9.17) is 9.84 Å². The first-order valence-electron chi connectivity index (χ1n) is 5.25. The van der Waals surface area contributed by atoms with E-state index >= 15 is 0 Å². The SMILES string of the molecule is CC(O)(CNC(=O)NN1CCOCC1)C(=O)O. The summed E-state index contributed by atoms with van der Waals surface area (Å²) in [4.78, 5) is 21.9. The number of amides is 2. The molecule has 0 spiro atoms. The minimum Gasteiger partial charge on any atom is -0.479 e. The van der Waals surface area contributed by atoms with E-state index in [1.54, 1.807) is 5.01 Å². The first-order chi connectivity index (χ1) is 7.92. The van der Waals surface area contributed by atoms with Crippen molar-refractivity contribution in [2.75, 3.05) is 32.8 Å². The Morgan fingerprint density at radius 1 is 1.41 bits per heavy atom. The smallest absolute Gasteiger partial charge is 0.337 e. The number of nitrogens with one attached hydrogen (secondary N) is 2. The minimum atomic E-state index is -1.97. The van der Waals surface area contributed by atoms with Crippen LogP contribution >= 0.6 is 0 Å². The molecule has 8 heteroatoms. The maximum atomic E-state index is 11.4. The summed E-state index contributed by atoms with van der Waals surface area (Å²) >= 11 is 0. The monoisotopic (exact) mass is 247 g/mol. The predicted octanol–water partition coefficient (Wildman–Crippen LogP) is -1.63. The number of hydrogen-bond acceptors (Lipinski definition) is 5. The average Bonchev–Trinajstić information content (AvgIpc) is 2.28. The van der Waals surface area contributed by atoms with Crippen molar-refractivity contribution in [2.45, 2.75) is 12.5 Å². The van der Waals surface area contributed by atoms with Gasteiger partial charge in [0.2, 0.25) is 0 Å². The molecule has 2 amide bonds. The van der Waals surface area contributed by atoms with E-state index in [-0.39, 0.29) is 6.54 Å². The van der Waals surface area contributed by atoms with Crippen LogP contribution in [0.15, 0.2) is 0 Å². The zero-order valence-electron chi connectivity index (χ0n) is 9.60. The van der Waals surface area contributed by atoms with Gasteiger partial charge in [-0.05, 0) is 6.92 Å². The topological polar surface area (TPSA) is 111 Å². The number of rotatable bonds is 4. The first kappa shape index (κ1) is 13.7. The number of hydrogen-bond donors (Lipinski definition) is 4. The lowest BCUT2D eigenvalue weighted by Gasteiger charge is -2.27. The van der Waals surface area contributed by atoms with Gasteiger partial charge in [-0.25, -0.2) is 14.6 Å². The number of ether oxygens (including phenoxy) is 1. The summed E-state index contributed by atoms with van der Waals surface area (Å²) in [5.41, 5.74) is 0.560. The molecule has 4 N–H and O–H groups in total. The third kappa shape index (κ3) is 4.55. The van der Waals surface area contributed by atoms with Crippen molar-refractivity contribution in [2.24, 2.45) is 0 Å². The second kappa shape index (κ2) is 5.80. The molecule has 1 saturated heterocycles. The molecule has 0 bridgehead atoms. The molecule has 1 heterocycles. The van der Waals surface area contributed by atoms with Gasteiger partial charge in [-0.3, -0.25) is 5.43 Å². The number of hydrazine groups is 1. The number of carbonyl (C=O) groups excluding carboxylic acids is 1. The van der Waals surface area contributed by atoms with Crippen molar-refractivity contribution in [1.82, 2.24) is 15.8 Å². The van der Waals surface area contributed by atoms with Gasteiger partial charge in [0.05, 0.1) is 19.8 Å². The van der Waals surface area contributed by atoms with E-state index < -0.39 is 17.6 Å². The van der Waals surface area contributed by atoms with Crippen LogP contribution in [0.3, 0.4) is 0 Å². The summed E-state index contributed by atoms with van der Waals surface area (Å²) in [6, 6.07) is -0.548. The number of aliphatic hydroxyl groups is 1. The number of morpholine rings is 1. The van der Waals surface area contributed by atoms with Crippen LogP contribution in [0.5, 0.6) is 0 Å². The fraction of sp³-hybridized carbons (Fsp3) is 0.778. The van der Waals surface area contributed by atoms with Crippen LogP contribution in [0.4, 0.5) is 4.79 Å². The van der Waals surface area contributed by atoms with Gasteiger partial charge >= 0.3 is 12.0 Å². The van der Waals surface area contributed by atoms with Gasteiger partial charge in [0, 0.05) is 13.1 Å². The number of carboxylic acid groups (broad SMARTS) is 1. The molecule has 0 aromatic rings. The van der Waals surface area contributed by atoms with Crippen LogP contribution in [-0.2, 0) is 9.53 Å². The molecule has 1 aliphatic rings. The predicted molar refractivity (Wildman–Crippen MR) is 57.2 cm³/mol. The number of urea groups is 1. The molecular formula is C9H17N3O5. The largest absolute Gasteiger partial charge is 0.479 e. The molecule has 0 radical (unpaired) electrons. The van der Waals surface area contributed by atoms with Crippen molar-refractivity contribution in [3.8, 4) is 0 Å². The normalized spacial score (nSPS) is 20.4. The van der Waals surface area contributed by atoms with Gasteiger partial charge in [0.1, 0.15) is 0 Å². The summed E-state index contributed by atoms with van der Waals surface area (Å²) in [7, 11) is 0. The van der Waals surface area contributed by atoms with Crippen LogP contribution in [0.1, 0.15) is 6.92 Å². The summed E-state index contributed by atoms with van der Waals surface area (Å²) in [6.45, 7) is 2.97. The maximum absolute atomic E-state index is 11.4.